The number of carbonyl (C=O) groups excluding carboxylic acids is 1. The van der Waals surface area contributed by atoms with Gasteiger partial charge in [0.2, 0.25) is 5.71 Å². The van der Waals surface area contributed by atoms with E-state index in [2.05, 4.69) is 10.1 Å². The molecular weight excluding hydrogens is 414 g/mol. The smallest absolute Gasteiger partial charge is 0.411 e. The maximum atomic E-state index is 12.9. The van der Waals surface area contributed by atoms with Crippen LogP contribution in [-0.2, 0) is 14.8 Å². The van der Waals surface area contributed by atoms with Crippen molar-refractivity contribution in [3.8, 4) is 5.75 Å². The van der Waals surface area contributed by atoms with E-state index in [1.54, 1.807) is 60.7 Å². The van der Waals surface area contributed by atoms with E-state index >= 15 is 0 Å². The first-order chi connectivity index (χ1) is 14.9. The van der Waals surface area contributed by atoms with Crippen molar-refractivity contribution < 1.29 is 23.0 Å². The van der Waals surface area contributed by atoms with Crippen molar-refractivity contribution in [1.29, 1.82) is 0 Å². The van der Waals surface area contributed by atoms with Crippen LogP contribution in [0.5, 0.6) is 5.75 Å². The van der Waals surface area contributed by atoms with E-state index in [0.29, 0.717) is 28.9 Å². The second-order valence-corrected chi connectivity index (χ2v) is 8.89. The minimum Gasteiger partial charge on any atom is -0.508 e. The lowest BCUT2D eigenvalue weighted by Crippen LogP contribution is -2.32. The lowest BCUT2D eigenvalue weighted by Gasteiger charge is -2.11. The van der Waals surface area contributed by atoms with E-state index in [9.17, 15) is 18.3 Å². The highest BCUT2D eigenvalue weighted by Crippen LogP contribution is 2.32. The predicted molar refractivity (Wildman–Crippen MR) is 117 cm³/mol. The monoisotopic (exact) mass is 436 g/mol. The Kier molecular flexibility index (Phi) is 5.48. The molecule has 3 aromatic rings. The zero-order valence-corrected chi connectivity index (χ0v) is 17.6. The minimum absolute atomic E-state index is 0.128. The molecule has 31 heavy (non-hydrogen) atoms. The van der Waals surface area contributed by atoms with Crippen LogP contribution in [0.4, 0.5) is 5.69 Å². The number of sulfonamides is 1. The second kappa shape index (κ2) is 8.23. The number of hydrogen-bond donors (Lipinski definition) is 3. The largest absolute Gasteiger partial charge is 0.508 e. The molecule has 1 aliphatic heterocycles. The summed E-state index contributed by atoms with van der Waals surface area (Å²) in [5, 5.41) is 10.2. The molecule has 1 heterocycles. The number of para-hydroxylation sites is 2. The number of nitrogens with zero attached hydrogens (tertiary/aromatic N) is 1. The summed E-state index contributed by atoms with van der Waals surface area (Å²) < 4.78 is 29.8. The summed E-state index contributed by atoms with van der Waals surface area (Å²) in [7, 11) is -3.80. The second-order valence-electron chi connectivity index (χ2n) is 7.21. The van der Waals surface area contributed by atoms with Gasteiger partial charge in [-0.1, -0.05) is 48.5 Å². The summed E-state index contributed by atoms with van der Waals surface area (Å²) in [5.74, 6) is -0.114. The van der Waals surface area contributed by atoms with Crippen molar-refractivity contribution in [2.75, 3.05) is 4.72 Å². The van der Waals surface area contributed by atoms with Crippen LogP contribution < -0.4 is 10.1 Å². The molecular formula is C23H22N3O4S+. The minimum atomic E-state index is -3.80. The summed E-state index contributed by atoms with van der Waals surface area (Å²) >= 11 is 0. The van der Waals surface area contributed by atoms with Gasteiger partial charge in [0, 0.05) is 5.56 Å². The summed E-state index contributed by atoms with van der Waals surface area (Å²) in [6, 6.07) is 21.6. The van der Waals surface area contributed by atoms with Gasteiger partial charge < -0.3 is 5.11 Å². The first-order valence-electron chi connectivity index (χ1n) is 9.74. The first kappa shape index (κ1) is 20.6. The lowest BCUT2D eigenvalue weighted by atomic mass is 9.97. The molecule has 0 spiro atoms. The van der Waals surface area contributed by atoms with Crippen molar-refractivity contribution in [2.45, 2.75) is 24.3 Å². The number of carbonyl (C=O) groups is 1. The summed E-state index contributed by atoms with van der Waals surface area (Å²) in [5.41, 5.74) is 5.36. The Bertz CT molecular complexity index is 1270. The number of amides is 1. The molecule has 3 N–H and O–H groups in total. The van der Waals surface area contributed by atoms with Crippen LogP contribution in [0.15, 0.2) is 83.8 Å². The van der Waals surface area contributed by atoms with Gasteiger partial charge in [-0.3, -0.25) is 4.72 Å². The van der Waals surface area contributed by atoms with Gasteiger partial charge in [0.05, 0.1) is 29.5 Å². The van der Waals surface area contributed by atoms with Crippen LogP contribution in [-0.4, -0.2) is 29.8 Å². The first-order valence-corrected chi connectivity index (χ1v) is 11.2. The molecule has 0 aromatic heterocycles. The predicted octanol–water partition coefficient (Wildman–Crippen LogP) is 3.19. The molecule has 0 radical (unpaired) electrons. The van der Waals surface area contributed by atoms with Crippen molar-refractivity contribution in [2.24, 2.45) is 0 Å². The number of phenolic OH excluding ortho intramolecular Hbond substituents is 1. The molecule has 3 aromatic carbocycles. The fraction of sp³-hybridized carbons (Fsp3) is 0.130. The van der Waals surface area contributed by atoms with Gasteiger partial charge in [-0.15, -0.1) is 0 Å². The summed E-state index contributed by atoms with van der Waals surface area (Å²) in [6.07, 6.45) is 0.390. The SMILES string of the molecule is CC(=O)[N+]1=C(c2ccccc2NS(=O)(=O)c2ccccc2)CC(c2ccccc2O)N1. The van der Waals surface area contributed by atoms with E-state index < -0.39 is 10.0 Å². The van der Waals surface area contributed by atoms with E-state index in [-0.39, 0.29) is 22.6 Å². The van der Waals surface area contributed by atoms with Gasteiger partial charge in [-0.25, -0.2) is 13.2 Å². The Morgan fingerprint density at radius 2 is 1.65 bits per heavy atom. The molecule has 7 nitrogen and oxygen atoms in total. The molecule has 0 aliphatic carbocycles. The molecule has 4 rings (SSSR count). The zero-order valence-electron chi connectivity index (χ0n) is 16.8. The average Bonchev–Trinajstić information content (AvgIpc) is 3.20. The van der Waals surface area contributed by atoms with Crippen molar-refractivity contribution in [1.82, 2.24) is 5.43 Å². The highest BCUT2D eigenvalue weighted by molar-refractivity contribution is 7.92. The Hall–Kier alpha value is -3.65. The zero-order chi connectivity index (χ0) is 22.0. The molecule has 0 saturated carbocycles. The highest BCUT2D eigenvalue weighted by Gasteiger charge is 2.38. The lowest BCUT2D eigenvalue weighted by molar-refractivity contribution is -0.504. The number of aromatic hydroxyl groups is 1. The third-order valence-electron chi connectivity index (χ3n) is 5.12. The number of anilines is 1. The molecule has 158 valence electrons. The number of hydrazone groups is 1. The van der Waals surface area contributed by atoms with Crippen LogP contribution in [0.25, 0.3) is 0 Å². The summed E-state index contributed by atoms with van der Waals surface area (Å²) in [6.45, 7) is 1.43. The third kappa shape index (κ3) is 4.15. The topological polar surface area (TPSA) is 98.5 Å². The van der Waals surface area contributed by atoms with Gasteiger partial charge in [0.1, 0.15) is 11.8 Å². The normalized spacial score (nSPS) is 16.1. The molecule has 0 saturated heterocycles. The van der Waals surface area contributed by atoms with Crippen molar-refractivity contribution in [3.63, 3.8) is 0 Å². The number of hydrazine groups is 1. The third-order valence-corrected chi connectivity index (χ3v) is 6.50. The maximum absolute atomic E-state index is 12.9. The summed E-state index contributed by atoms with van der Waals surface area (Å²) in [4.78, 5) is 12.5. The van der Waals surface area contributed by atoms with Crippen LogP contribution in [0.2, 0.25) is 0 Å². The van der Waals surface area contributed by atoms with Gasteiger partial charge in [-0.05, 0) is 35.0 Å². The highest BCUT2D eigenvalue weighted by atomic mass is 32.2. The van der Waals surface area contributed by atoms with E-state index in [0.717, 1.165) is 0 Å². The molecule has 0 fully saturated rings. The van der Waals surface area contributed by atoms with E-state index in [1.165, 1.54) is 23.7 Å². The number of phenols is 1. The Balaban J connectivity index is 1.73. The molecule has 1 atom stereocenters. The van der Waals surface area contributed by atoms with Gasteiger partial charge in [0.15, 0.2) is 0 Å². The van der Waals surface area contributed by atoms with E-state index in [1.807, 2.05) is 6.07 Å². The molecule has 1 unspecified atom stereocenters. The van der Waals surface area contributed by atoms with Crippen LogP contribution >= 0.6 is 0 Å². The number of nitrogens with one attached hydrogen (secondary N) is 2. The quantitative estimate of drug-likeness (QED) is 0.534. The fourth-order valence-corrected chi connectivity index (χ4v) is 4.76. The van der Waals surface area contributed by atoms with Crippen LogP contribution in [0.1, 0.15) is 30.5 Å². The number of benzene rings is 3. The van der Waals surface area contributed by atoms with Crippen LogP contribution in [0.3, 0.4) is 0 Å². The number of hydrogen-bond acceptors (Lipinski definition) is 5. The Labute approximate surface area is 180 Å². The number of rotatable bonds is 5. The molecule has 0 bridgehead atoms. The maximum Gasteiger partial charge on any atom is 0.411 e. The Morgan fingerprint density at radius 1 is 1.00 bits per heavy atom. The van der Waals surface area contributed by atoms with Crippen molar-refractivity contribution >= 4 is 27.3 Å². The Morgan fingerprint density at radius 3 is 2.35 bits per heavy atom. The fourth-order valence-electron chi connectivity index (χ4n) is 3.66. The van der Waals surface area contributed by atoms with Crippen molar-refractivity contribution in [3.05, 3.63) is 90.0 Å². The standard InChI is InChI=1S/C23H21N3O4S/c1-16(27)26-22(15-21(24-26)19-12-6-8-14-23(19)28)18-11-5-7-13-20(18)25-31(29,30)17-9-3-2-4-10-17/h2-14,21,24,28H,15H2,1H3/p+1. The molecule has 1 aliphatic rings. The van der Waals surface area contributed by atoms with Gasteiger partial charge in [-0.2, -0.15) is 5.43 Å². The van der Waals surface area contributed by atoms with Gasteiger partial charge >= 0.3 is 5.91 Å². The van der Waals surface area contributed by atoms with E-state index in [4.69, 9.17) is 0 Å². The molecule has 1 amide bonds. The molecule has 8 heteroatoms. The van der Waals surface area contributed by atoms with Gasteiger partial charge in [0.25, 0.3) is 10.0 Å². The average molecular weight is 437 g/mol. The van der Waals surface area contributed by atoms with Crippen LogP contribution in [0, 0.1) is 0 Å².